The van der Waals surface area contributed by atoms with E-state index < -0.39 is 4.92 Å². The Morgan fingerprint density at radius 2 is 2.47 bits per heavy atom. The molecular weight excluding hydrogens is 268 g/mol. The highest BCUT2D eigenvalue weighted by Crippen LogP contribution is 2.18. The minimum absolute atomic E-state index is 0.242. The normalized spacial score (nSPS) is 20.6. The number of halogens is 1. The van der Waals surface area contributed by atoms with Gasteiger partial charge in [-0.25, -0.2) is 4.98 Å². The quantitative estimate of drug-likeness (QED) is 0.519. The lowest BCUT2D eigenvalue weighted by Crippen LogP contribution is -2.21. The third kappa shape index (κ3) is 3.57. The molecule has 0 aromatic carbocycles. The Morgan fingerprint density at radius 1 is 1.68 bits per heavy atom. The Labute approximate surface area is 116 Å². The highest BCUT2D eigenvalue weighted by Gasteiger charge is 2.26. The Bertz CT molecular complexity index is 489. The summed E-state index contributed by atoms with van der Waals surface area (Å²) >= 11 is 5.73. The number of nitro groups is 1. The molecule has 1 saturated heterocycles. The van der Waals surface area contributed by atoms with Crippen LogP contribution in [0.2, 0.25) is 5.15 Å². The summed E-state index contributed by atoms with van der Waals surface area (Å²) in [5.74, 6) is 0.548. The van der Waals surface area contributed by atoms with Crippen LogP contribution in [0.5, 0.6) is 0 Å². The summed E-state index contributed by atoms with van der Waals surface area (Å²) in [7, 11) is 0. The molecule has 0 radical (unpaired) electrons. The van der Waals surface area contributed by atoms with Gasteiger partial charge in [-0.1, -0.05) is 24.6 Å². The first-order valence-corrected chi connectivity index (χ1v) is 6.43. The molecule has 0 amide bonds. The van der Waals surface area contributed by atoms with Gasteiger partial charge in [0.2, 0.25) is 0 Å². The minimum Gasteiger partial charge on any atom is -0.362 e. The molecule has 19 heavy (non-hydrogen) atoms. The van der Waals surface area contributed by atoms with Crippen molar-refractivity contribution < 1.29 is 4.92 Å². The summed E-state index contributed by atoms with van der Waals surface area (Å²) in [4.78, 5) is 16.1. The molecule has 1 atom stereocenters. The Hall–Kier alpha value is -1.82. The first-order chi connectivity index (χ1) is 9.08. The van der Waals surface area contributed by atoms with Crippen molar-refractivity contribution in [2.75, 3.05) is 6.54 Å². The average molecular weight is 283 g/mol. The van der Waals surface area contributed by atoms with Gasteiger partial charge >= 0.3 is 0 Å². The maximum Gasteiger partial charge on any atom is 0.274 e. The van der Waals surface area contributed by atoms with E-state index in [0.29, 0.717) is 17.5 Å². The molecule has 1 aliphatic rings. The third-order valence-electron chi connectivity index (χ3n) is 3.02. The number of aromatic nitrogens is 1. The standard InChI is InChI=1S/C12H15ClN4O2/c1-2-10-7-16(12(15-10)8-17(18)19)6-9-3-4-11(13)14-5-9/h3-5,8,10,15H,2,6-7H2,1H3/b12-8+/t10-/m0/s1. The van der Waals surface area contributed by atoms with E-state index in [0.717, 1.165) is 24.7 Å². The predicted molar refractivity (Wildman–Crippen MR) is 71.9 cm³/mol. The summed E-state index contributed by atoms with van der Waals surface area (Å²) in [5, 5.41) is 14.2. The Kier molecular flexibility index (Phi) is 4.21. The zero-order valence-electron chi connectivity index (χ0n) is 10.5. The molecule has 6 nitrogen and oxygen atoms in total. The first kappa shape index (κ1) is 13.6. The van der Waals surface area contributed by atoms with Gasteiger partial charge in [0.1, 0.15) is 5.15 Å². The number of hydrogen-bond acceptors (Lipinski definition) is 5. The topological polar surface area (TPSA) is 71.3 Å². The minimum atomic E-state index is -0.437. The predicted octanol–water partition coefficient (Wildman–Crippen LogP) is 1.99. The van der Waals surface area contributed by atoms with Gasteiger partial charge in [0.15, 0.2) is 5.82 Å². The van der Waals surface area contributed by atoms with Crippen LogP contribution in [-0.4, -0.2) is 27.4 Å². The molecule has 1 aromatic heterocycles. The molecule has 0 saturated carbocycles. The van der Waals surface area contributed by atoms with E-state index in [1.807, 2.05) is 11.0 Å². The van der Waals surface area contributed by atoms with Crippen molar-refractivity contribution in [3.8, 4) is 0 Å². The Morgan fingerprint density at radius 3 is 3.05 bits per heavy atom. The molecule has 0 bridgehead atoms. The van der Waals surface area contributed by atoms with Crippen molar-refractivity contribution in [3.63, 3.8) is 0 Å². The molecule has 102 valence electrons. The molecule has 1 fully saturated rings. The molecule has 2 heterocycles. The first-order valence-electron chi connectivity index (χ1n) is 6.05. The number of rotatable bonds is 4. The van der Waals surface area contributed by atoms with Crippen molar-refractivity contribution in [3.05, 3.63) is 51.2 Å². The fourth-order valence-electron chi connectivity index (χ4n) is 2.03. The van der Waals surface area contributed by atoms with Crippen LogP contribution >= 0.6 is 11.6 Å². The van der Waals surface area contributed by atoms with Crippen LogP contribution in [0.25, 0.3) is 0 Å². The third-order valence-corrected chi connectivity index (χ3v) is 3.24. The summed E-state index contributed by atoms with van der Waals surface area (Å²) in [6, 6.07) is 3.83. The van der Waals surface area contributed by atoms with Gasteiger partial charge in [0.05, 0.1) is 4.92 Å². The molecule has 2 rings (SSSR count). The van der Waals surface area contributed by atoms with Crippen LogP contribution in [0.1, 0.15) is 18.9 Å². The lowest BCUT2D eigenvalue weighted by molar-refractivity contribution is -0.404. The summed E-state index contributed by atoms with van der Waals surface area (Å²) in [5.41, 5.74) is 0.970. The van der Waals surface area contributed by atoms with Gasteiger partial charge < -0.3 is 10.2 Å². The fourth-order valence-corrected chi connectivity index (χ4v) is 2.14. The molecule has 7 heteroatoms. The fraction of sp³-hybridized carbons (Fsp3) is 0.417. The number of hydrogen-bond donors (Lipinski definition) is 1. The van der Waals surface area contributed by atoms with Crippen LogP contribution in [-0.2, 0) is 6.54 Å². The molecule has 0 unspecified atom stereocenters. The van der Waals surface area contributed by atoms with E-state index in [1.165, 1.54) is 0 Å². The summed E-state index contributed by atoms with van der Waals surface area (Å²) in [6.45, 7) is 3.38. The number of nitrogens with zero attached hydrogens (tertiary/aromatic N) is 3. The largest absolute Gasteiger partial charge is 0.362 e. The van der Waals surface area contributed by atoms with Gasteiger partial charge in [0, 0.05) is 25.3 Å². The van der Waals surface area contributed by atoms with Gasteiger partial charge in [-0.15, -0.1) is 0 Å². The second-order valence-corrected chi connectivity index (χ2v) is 4.81. The number of nitrogens with one attached hydrogen (secondary N) is 1. The zero-order chi connectivity index (χ0) is 13.8. The van der Waals surface area contributed by atoms with Gasteiger partial charge in [-0.2, -0.15) is 0 Å². The SMILES string of the molecule is CC[C@H]1CN(Cc2ccc(Cl)nc2)/C(=C/[N+](=O)[O-])N1. The van der Waals surface area contributed by atoms with Crippen molar-refractivity contribution in [1.82, 2.24) is 15.2 Å². The molecule has 1 aromatic rings. The second kappa shape index (κ2) is 5.88. The van der Waals surface area contributed by atoms with E-state index in [2.05, 4.69) is 17.2 Å². The number of pyridine rings is 1. The highest BCUT2D eigenvalue weighted by atomic mass is 35.5. The smallest absolute Gasteiger partial charge is 0.274 e. The van der Waals surface area contributed by atoms with Crippen LogP contribution in [0.3, 0.4) is 0 Å². The van der Waals surface area contributed by atoms with E-state index in [4.69, 9.17) is 11.6 Å². The maximum absolute atomic E-state index is 10.6. The lowest BCUT2D eigenvalue weighted by Gasteiger charge is -2.16. The molecule has 0 spiro atoms. The van der Waals surface area contributed by atoms with E-state index >= 15 is 0 Å². The Balaban J connectivity index is 2.12. The highest BCUT2D eigenvalue weighted by molar-refractivity contribution is 6.29. The van der Waals surface area contributed by atoms with Crippen molar-refractivity contribution in [2.45, 2.75) is 25.9 Å². The molecular formula is C12H15ClN4O2. The lowest BCUT2D eigenvalue weighted by atomic mass is 10.2. The molecule has 1 N–H and O–H groups in total. The van der Waals surface area contributed by atoms with Crippen molar-refractivity contribution >= 4 is 11.6 Å². The zero-order valence-corrected chi connectivity index (χ0v) is 11.3. The van der Waals surface area contributed by atoms with Crippen molar-refractivity contribution in [1.29, 1.82) is 0 Å². The molecule has 0 aliphatic carbocycles. The van der Waals surface area contributed by atoms with Gasteiger partial charge in [-0.05, 0) is 18.1 Å². The monoisotopic (exact) mass is 282 g/mol. The summed E-state index contributed by atoms with van der Waals surface area (Å²) < 4.78 is 0. The average Bonchev–Trinajstić information content (AvgIpc) is 2.74. The van der Waals surface area contributed by atoms with Crippen LogP contribution in [0.15, 0.2) is 30.4 Å². The van der Waals surface area contributed by atoms with Crippen molar-refractivity contribution in [2.24, 2.45) is 0 Å². The van der Waals surface area contributed by atoms with Gasteiger partial charge in [-0.3, -0.25) is 10.1 Å². The van der Waals surface area contributed by atoms with Gasteiger partial charge in [0.25, 0.3) is 6.20 Å². The molecule has 1 aliphatic heterocycles. The van der Waals surface area contributed by atoms with E-state index in [9.17, 15) is 10.1 Å². The maximum atomic E-state index is 10.6. The summed E-state index contributed by atoms with van der Waals surface area (Å²) in [6.07, 6.45) is 3.62. The van der Waals surface area contributed by atoms with E-state index in [1.54, 1.807) is 12.3 Å². The second-order valence-electron chi connectivity index (χ2n) is 4.42. The van der Waals surface area contributed by atoms with Crippen LogP contribution in [0, 0.1) is 10.1 Å². The van der Waals surface area contributed by atoms with Crippen LogP contribution in [0.4, 0.5) is 0 Å². The van der Waals surface area contributed by atoms with Crippen LogP contribution < -0.4 is 5.32 Å². The van der Waals surface area contributed by atoms with E-state index in [-0.39, 0.29) is 6.04 Å².